The third kappa shape index (κ3) is 5.09. The van der Waals surface area contributed by atoms with Crippen LogP contribution in [0.2, 0.25) is 0 Å². The molecule has 1 N–H and O–H groups in total. The van der Waals surface area contributed by atoms with Crippen LogP contribution >= 0.6 is 0 Å². The van der Waals surface area contributed by atoms with Crippen molar-refractivity contribution in [3.63, 3.8) is 0 Å². The van der Waals surface area contributed by atoms with E-state index in [-0.39, 0.29) is 12.0 Å². The van der Waals surface area contributed by atoms with Gasteiger partial charge in [-0.15, -0.1) is 0 Å². The number of amides is 2. The lowest BCUT2D eigenvalue weighted by Gasteiger charge is -2.37. The van der Waals surface area contributed by atoms with Crippen LogP contribution in [0, 0.1) is 11.3 Å². The Morgan fingerprint density at radius 1 is 1.00 bits per heavy atom. The van der Waals surface area contributed by atoms with Gasteiger partial charge in [-0.25, -0.2) is 4.79 Å². The molecule has 1 aliphatic rings. The van der Waals surface area contributed by atoms with E-state index in [0.717, 1.165) is 5.69 Å². The van der Waals surface area contributed by atoms with Crippen molar-refractivity contribution in [2.45, 2.75) is 26.4 Å². The monoisotopic (exact) mass is 406 g/mol. The lowest BCUT2D eigenvalue weighted by molar-refractivity contribution is 0.0240. The maximum Gasteiger partial charge on any atom is 0.410 e. The molecule has 1 saturated heterocycles. The number of nitriles is 1. The molecular weight excluding hydrogens is 380 g/mol. The topological polar surface area (TPSA) is 85.7 Å². The molecule has 0 unspecified atom stereocenters. The highest BCUT2D eigenvalue weighted by Crippen LogP contribution is 2.28. The van der Waals surface area contributed by atoms with Crippen LogP contribution in [0.25, 0.3) is 0 Å². The van der Waals surface area contributed by atoms with Gasteiger partial charge in [-0.3, -0.25) is 4.79 Å². The molecule has 2 aromatic rings. The second-order valence-corrected chi connectivity index (χ2v) is 8.09. The number of hydrogen-bond donors (Lipinski definition) is 1. The van der Waals surface area contributed by atoms with Gasteiger partial charge in [-0.05, 0) is 45.0 Å². The van der Waals surface area contributed by atoms with Gasteiger partial charge in [0.1, 0.15) is 11.7 Å². The number of benzene rings is 2. The molecule has 1 heterocycles. The zero-order valence-electron chi connectivity index (χ0n) is 17.5. The van der Waals surface area contributed by atoms with E-state index in [1.165, 1.54) is 0 Å². The number of rotatable bonds is 3. The highest BCUT2D eigenvalue weighted by molar-refractivity contribution is 6.05. The Morgan fingerprint density at radius 3 is 2.27 bits per heavy atom. The summed E-state index contributed by atoms with van der Waals surface area (Å²) in [5.41, 5.74) is 1.61. The molecule has 0 bridgehead atoms. The number of nitrogens with one attached hydrogen (secondary N) is 1. The van der Waals surface area contributed by atoms with Crippen LogP contribution in [-0.2, 0) is 4.74 Å². The molecule has 1 aliphatic heterocycles. The van der Waals surface area contributed by atoms with Gasteiger partial charge in [-0.2, -0.15) is 5.26 Å². The molecule has 2 aromatic carbocycles. The molecule has 0 aromatic heterocycles. The summed E-state index contributed by atoms with van der Waals surface area (Å²) in [4.78, 5) is 28.5. The zero-order valence-corrected chi connectivity index (χ0v) is 17.5. The summed E-state index contributed by atoms with van der Waals surface area (Å²) in [6.45, 7) is 7.68. The summed E-state index contributed by atoms with van der Waals surface area (Å²) in [6.07, 6.45) is -0.327. The molecule has 2 amide bonds. The average molecular weight is 406 g/mol. The zero-order chi connectivity index (χ0) is 21.7. The Bertz CT molecular complexity index is 953. The summed E-state index contributed by atoms with van der Waals surface area (Å²) >= 11 is 0. The number of ether oxygens (including phenoxy) is 1. The summed E-state index contributed by atoms with van der Waals surface area (Å²) in [5.74, 6) is -0.265. The average Bonchev–Trinajstić information content (AvgIpc) is 2.73. The first-order chi connectivity index (χ1) is 14.3. The number of nitrogens with zero attached hydrogens (tertiary/aromatic N) is 3. The van der Waals surface area contributed by atoms with Crippen LogP contribution in [0.5, 0.6) is 0 Å². The molecule has 7 nitrogen and oxygen atoms in total. The minimum absolute atomic E-state index is 0.265. The van der Waals surface area contributed by atoms with E-state index in [9.17, 15) is 14.9 Å². The highest BCUT2D eigenvalue weighted by Gasteiger charge is 2.27. The molecule has 0 aliphatic carbocycles. The van der Waals surface area contributed by atoms with Crippen molar-refractivity contribution < 1.29 is 14.3 Å². The third-order valence-electron chi connectivity index (χ3n) is 4.71. The second kappa shape index (κ2) is 8.87. The first-order valence-corrected chi connectivity index (χ1v) is 9.91. The van der Waals surface area contributed by atoms with E-state index >= 15 is 0 Å². The predicted molar refractivity (Wildman–Crippen MR) is 116 cm³/mol. The van der Waals surface area contributed by atoms with Gasteiger partial charge in [-0.1, -0.05) is 24.3 Å². The molecule has 0 radical (unpaired) electrons. The fraction of sp³-hybridized carbons (Fsp3) is 0.348. The fourth-order valence-corrected chi connectivity index (χ4v) is 3.27. The van der Waals surface area contributed by atoms with E-state index in [4.69, 9.17) is 4.74 Å². The lowest BCUT2D eigenvalue weighted by Crippen LogP contribution is -2.50. The lowest BCUT2D eigenvalue weighted by atomic mass is 10.1. The second-order valence-electron chi connectivity index (χ2n) is 8.09. The van der Waals surface area contributed by atoms with Crippen LogP contribution in [0.15, 0.2) is 48.5 Å². The molecule has 0 saturated carbocycles. The highest BCUT2D eigenvalue weighted by atomic mass is 16.6. The maximum absolute atomic E-state index is 12.5. The van der Waals surface area contributed by atoms with Crippen LogP contribution in [0.3, 0.4) is 0 Å². The Kier molecular flexibility index (Phi) is 6.26. The van der Waals surface area contributed by atoms with Crippen LogP contribution in [-0.4, -0.2) is 48.7 Å². The van der Waals surface area contributed by atoms with Crippen molar-refractivity contribution in [1.29, 1.82) is 5.26 Å². The summed E-state index contributed by atoms with van der Waals surface area (Å²) in [5, 5.41) is 12.6. The number of piperazine rings is 1. The minimum atomic E-state index is -0.534. The molecule has 0 spiro atoms. The Labute approximate surface area is 176 Å². The maximum atomic E-state index is 12.5. The van der Waals surface area contributed by atoms with Gasteiger partial charge in [0.05, 0.1) is 16.9 Å². The Balaban J connectivity index is 1.72. The molecule has 0 atom stereocenters. The van der Waals surface area contributed by atoms with E-state index in [2.05, 4.69) is 16.3 Å². The van der Waals surface area contributed by atoms with Crippen molar-refractivity contribution >= 4 is 23.4 Å². The molecule has 3 rings (SSSR count). The van der Waals surface area contributed by atoms with Crippen molar-refractivity contribution in [3.8, 4) is 6.07 Å². The number of hydrogen-bond acceptors (Lipinski definition) is 5. The van der Waals surface area contributed by atoms with Crippen LogP contribution < -0.4 is 10.2 Å². The standard InChI is InChI=1S/C23H26N4O3/c1-23(2,3)30-22(29)27-14-12-26(13-15-27)20-11-7-10-19(18(20)16-24)25-21(28)17-8-5-4-6-9-17/h4-11H,12-15H2,1-3H3,(H,25,28). The summed E-state index contributed by atoms with van der Waals surface area (Å²) < 4.78 is 5.44. The largest absolute Gasteiger partial charge is 0.444 e. The molecule has 30 heavy (non-hydrogen) atoms. The van der Waals surface area contributed by atoms with Gasteiger partial charge in [0.25, 0.3) is 5.91 Å². The number of carbonyl (C=O) groups excluding carboxylic acids is 2. The molecule has 7 heteroatoms. The van der Waals surface area contributed by atoms with Crippen molar-refractivity contribution in [3.05, 3.63) is 59.7 Å². The first kappa shape index (κ1) is 21.2. The van der Waals surface area contributed by atoms with E-state index < -0.39 is 5.60 Å². The predicted octanol–water partition coefficient (Wildman–Crippen LogP) is 3.87. The molecule has 156 valence electrons. The number of carbonyl (C=O) groups is 2. The molecular formula is C23H26N4O3. The normalized spacial score (nSPS) is 14.1. The van der Waals surface area contributed by atoms with E-state index in [1.807, 2.05) is 39.0 Å². The molecule has 1 fully saturated rings. The smallest absolute Gasteiger partial charge is 0.410 e. The SMILES string of the molecule is CC(C)(C)OC(=O)N1CCN(c2cccc(NC(=O)c3ccccc3)c2C#N)CC1. The van der Waals surface area contributed by atoms with Crippen molar-refractivity contribution in [1.82, 2.24) is 4.90 Å². The van der Waals surface area contributed by atoms with Crippen molar-refractivity contribution in [2.24, 2.45) is 0 Å². The number of anilines is 2. The Morgan fingerprint density at radius 2 is 1.67 bits per heavy atom. The van der Waals surface area contributed by atoms with Gasteiger partial charge in [0.15, 0.2) is 0 Å². The van der Waals surface area contributed by atoms with Gasteiger partial charge in [0, 0.05) is 31.7 Å². The van der Waals surface area contributed by atoms with Gasteiger partial charge < -0.3 is 19.9 Å². The van der Waals surface area contributed by atoms with Crippen LogP contribution in [0.4, 0.5) is 16.2 Å². The fourth-order valence-electron chi connectivity index (χ4n) is 3.27. The first-order valence-electron chi connectivity index (χ1n) is 9.91. The minimum Gasteiger partial charge on any atom is -0.444 e. The van der Waals surface area contributed by atoms with E-state index in [0.29, 0.717) is 43.0 Å². The Hall–Kier alpha value is -3.53. The van der Waals surface area contributed by atoms with Crippen molar-refractivity contribution in [2.75, 3.05) is 36.4 Å². The quantitative estimate of drug-likeness (QED) is 0.836. The third-order valence-corrected chi connectivity index (χ3v) is 4.71. The van der Waals surface area contributed by atoms with Gasteiger partial charge in [0.2, 0.25) is 0 Å². The summed E-state index contributed by atoms with van der Waals surface area (Å²) in [7, 11) is 0. The summed E-state index contributed by atoms with van der Waals surface area (Å²) in [6, 6.07) is 16.5. The van der Waals surface area contributed by atoms with Crippen LogP contribution in [0.1, 0.15) is 36.7 Å². The van der Waals surface area contributed by atoms with E-state index in [1.54, 1.807) is 35.2 Å². The van der Waals surface area contributed by atoms with Gasteiger partial charge >= 0.3 is 6.09 Å².